The number of aromatic nitrogens is 2. The lowest BCUT2D eigenvalue weighted by Crippen LogP contribution is -2.32. The number of hydrogen-bond donors (Lipinski definition) is 1. The van der Waals surface area contributed by atoms with Crippen molar-refractivity contribution in [2.45, 2.75) is 13.0 Å². The van der Waals surface area contributed by atoms with E-state index in [1.54, 1.807) is 0 Å². The molecule has 0 bridgehead atoms. The van der Waals surface area contributed by atoms with Gasteiger partial charge in [-0.25, -0.2) is 0 Å². The van der Waals surface area contributed by atoms with Crippen LogP contribution in [0.3, 0.4) is 0 Å². The van der Waals surface area contributed by atoms with Gasteiger partial charge in [0.15, 0.2) is 0 Å². The van der Waals surface area contributed by atoms with E-state index in [-0.39, 0.29) is 5.91 Å². The first-order valence-corrected chi connectivity index (χ1v) is 9.77. The van der Waals surface area contributed by atoms with Gasteiger partial charge in [-0.05, 0) is 23.6 Å². The lowest BCUT2D eigenvalue weighted by atomic mass is 10.1. The molecule has 1 amide bonds. The van der Waals surface area contributed by atoms with Gasteiger partial charge >= 0.3 is 0 Å². The van der Waals surface area contributed by atoms with E-state index < -0.39 is 0 Å². The Balaban J connectivity index is 1.54. The summed E-state index contributed by atoms with van der Waals surface area (Å²) in [5.74, 6) is -0.0422. The molecule has 144 valence electrons. The molecule has 0 aliphatic rings. The third kappa shape index (κ3) is 4.79. The van der Waals surface area contributed by atoms with Gasteiger partial charge in [-0.15, -0.1) is 0 Å². The number of amides is 1. The van der Waals surface area contributed by atoms with Gasteiger partial charge in [0.25, 0.3) is 5.91 Å². The summed E-state index contributed by atoms with van der Waals surface area (Å²) in [5, 5.41) is 7.27. The van der Waals surface area contributed by atoms with Gasteiger partial charge in [-0.3, -0.25) is 9.89 Å². The Bertz CT molecular complexity index is 1040. The molecule has 0 aliphatic carbocycles. The van der Waals surface area contributed by atoms with Gasteiger partial charge in [0.2, 0.25) is 0 Å². The van der Waals surface area contributed by atoms with Crippen molar-refractivity contribution >= 4 is 5.91 Å². The smallest absolute Gasteiger partial charge is 0.272 e. The molecular formula is C25H23N3O. The summed E-state index contributed by atoms with van der Waals surface area (Å²) in [6.45, 7) is 1.20. The number of H-pyrrole nitrogens is 1. The zero-order valence-corrected chi connectivity index (χ0v) is 16.2. The predicted octanol–water partition coefficient (Wildman–Crippen LogP) is 4.96. The molecule has 0 fully saturated rings. The molecule has 4 rings (SSSR count). The molecule has 0 spiro atoms. The largest absolute Gasteiger partial charge is 0.333 e. The molecule has 0 unspecified atom stereocenters. The van der Waals surface area contributed by atoms with Crippen LogP contribution in [0.2, 0.25) is 0 Å². The van der Waals surface area contributed by atoms with E-state index in [1.807, 2.05) is 89.8 Å². The summed E-state index contributed by atoms with van der Waals surface area (Å²) < 4.78 is 0. The molecule has 0 saturated carbocycles. The minimum absolute atomic E-state index is 0.0422. The maximum Gasteiger partial charge on any atom is 0.272 e. The highest BCUT2D eigenvalue weighted by molar-refractivity contribution is 5.93. The van der Waals surface area contributed by atoms with E-state index >= 15 is 0 Å². The molecular weight excluding hydrogens is 358 g/mol. The topological polar surface area (TPSA) is 49.0 Å². The summed E-state index contributed by atoms with van der Waals surface area (Å²) in [7, 11) is 0. The number of benzene rings is 3. The molecule has 1 N–H and O–H groups in total. The van der Waals surface area contributed by atoms with Crippen LogP contribution >= 0.6 is 0 Å². The summed E-state index contributed by atoms with van der Waals surface area (Å²) in [6.07, 6.45) is 0.805. The van der Waals surface area contributed by atoms with Crippen LogP contribution in [-0.4, -0.2) is 27.5 Å². The van der Waals surface area contributed by atoms with Crippen LogP contribution in [-0.2, 0) is 13.0 Å². The van der Waals surface area contributed by atoms with Crippen molar-refractivity contribution in [3.05, 3.63) is 114 Å². The normalized spacial score (nSPS) is 10.6. The summed E-state index contributed by atoms with van der Waals surface area (Å²) in [5.41, 5.74) is 4.59. The Morgan fingerprint density at radius 1 is 0.793 bits per heavy atom. The summed E-state index contributed by atoms with van der Waals surface area (Å²) >= 11 is 0. The fourth-order valence-corrected chi connectivity index (χ4v) is 3.32. The van der Waals surface area contributed by atoms with Crippen molar-refractivity contribution in [2.24, 2.45) is 0 Å². The highest BCUT2D eigenvalue weighted by atomic mass is 16.2. The van der Waals surface area contributed by atoms with Crippen LogP contribution < -0.4 is 0 Å². The number of carbonyl (C=O) groups excluding carboxylic acids is 1. The van der Waals surface area contributed by atoms with Crippen LogP contribution in [0.5, 0.6) is 0 Å². The van der Waals surface area contributed by atoms with Gasteiger partial charge in [0.1, 0.15) is 5.69 Å². The third-order valence-corrected chi connectivity index (χ3v) is 4.89. The van der Waals surface area contributed by atoms with E-state index in [2.05, 4.69) is 22.3 Å². The SMILES string of the molecule is O=C(c1cc(-c2ccccc2)n[nH]1)N(CCc1ccccc1)Cc1ccccc1. The monoisotopic (exact) mass is 381 g/mol. The quantitative estimate of drug-likeness (QED) is 0.492. The van der Waals surface area contributed by atoms with Crippen molar-refractivity contribution in [3.8, 4) is 11.3 Å². The maximum absolute atomic E-state index is 13.3. The molecule has 1 aromatic heterocycles. The molecule has 0 aliphatic heterocycles. The molecule has 4 nitrogen and oxygen atoms in total. The third-order valence-electron chi connectivity index (χ3n) is 4.89. The van der Waals surface area contributed by atoms with Crippen LogP contribution in [0.4, 0.5) is 0 Å². The van der Waals surface area contributed by atoms with E-state index in [0.29, 0.717) is 18.8 Å². The number of hydrogen-bond acceptors (Lipinski definition) is 2. The molecule has 0 atom stereocenters. The van der Waals surface area contributed by atoms with Gasteiger partial charge in [-0.1, -0.05) is 91.0 Å². The van der Waals surface area contributed by atoms with Gasteiger partial charge in [0, 0.05) is 18.7 Å². The van der Waals surface area contributed by atoms with Crippen molar-refractivity contribution in [1.29, 1.82) is 0 Å². The first-order valence-electron chi connectivity index (χ1n) is 9.77. The minimum atomic E-state index is -0.0422. The molecule has 4 heteroatoms. The highest BCUT2D eigenvalue weighted by Gasteiger charge is 2.19. The zero-order valence-electron chi connectivity index (χ0n) is 16.2. The second-order valence-electron chi connectivity index (χ2n) is 6.98. The molecule has 3 aromatic carbocycles. The minimum Gasteiger partial charge on any atom is -0.333 e. The lowest BCUT2D eigenvalue weighted by molar-refractivity contribution is 0.0739. The maximum atomic E-state index is 13.3. The number of nitrogens with zero attached hydrogens (tertiary/aromatic N) is 2. The summed E-state index contributed by atoms with van der Waals surface area (Å²) in [4.78, 5) is 15.1. The van der Waals surface area contributed by atoms with Crippen molar-refractivity contribution in [2.75, 3.05) is 6.54 Å². The Hall–Kier alpha value is -3.66. The number of rotatable bonds is 7. The Labute approximate surface area is 170 Å². The zero-order chi connectivity index (χ0) is 19.9. The second-order valence-corrected chi connectivity index (χ2v) is 6.98. The molecule has 29 heavy (non-hydrogen) atoms. The van der Waals surface area contributed by atoms with Crippen molar-refractivity contribution in [1.82, 2.24) is 15.1 Å². The highest BCUT2D eigenvalue weighted by Crippen LogP contribution is 2.18. The van der Waals surface area contributed by atoms with Gasteiger partial charge in [0.05, 0.1) is 5.69 Å². The first-order chi connectivity index (χ1) is 14.3. The Morgan fingerprint density at radius 3 is 2.03 bits per heavy atom. The van der Waals surface area contributed by atoms with Gasteiger partial charge < -0.3 is 4.90 Å². The fourth-order valence-electron chi connectivity index (χ4n) is 3.32. The van der Waals surface area contributed by atoms with Crippen molar-refractivity contribution < 1.29 is 4.79 Å². The molecule has 1 heterocycles. The number of carbonyl (C=O) groups is 1. The average molecular weight is 381 g/mol. The first kappa shape index (κ1) is 18.7. The molecule has 0 radical (unpaired) electrons. The lowest BCUT2D eigenvalue weighted by Gasteiger charge is -2.22. The summed E-state index contributed by atoms with van der Waals surface area (Å²) in [6, 6.07) is 32.0. The molecule has 4 aromatic rings. The molecule has 0 saturated heterocycles. The second kappa shape index (κ2) is 9.02. The van der Waals surface area contributed by atoms with Crippen LogP contribution in [0.25, 0.3) is 11.3 Å². The van der Waals surface area contributed by atoms with E-state index in [4.69, 9.17) is 0 Å². The standard InChI is InChI=1S/C25H23N3O/c29-25(24-18-23(26-27-24)22-14-8-3-9-15-22)28(19-21-12-6-2-7-13-21)17-16-20-10-4-1-5-11-20/h1-15,18H,16-17,19H2,(H,26,27). The van der Waals surface area contributed by atoms with Crippen LogP contribution in [0.1, 0.15) is 21.6 Å². The van der Waals surface area contributed by atoms with Crippen LogP contribution in [0.15, 0.2) is 97.1 Å². The van der Waals surface area contributed by atoms with E-state index in [1.165, 1.54) is 5.56 Å². The predicted molar refractivity (Wildman–Crippen MR) is 115 cm³/mol. The fraction of sp³-hybridized carbons (Fsp3) is 0.120. The number of nitrogens with one attached hydrogen (secondary N) is 1. The average Bonchev–Trinajstić information content (AvgIpc) is 3.28. The van der Waals surface area contributed by atoms with Gasteiger partial charge in [-0.2, -0.15) is 5.10 Å². The van der Waals surface area contributed by atoms with E-state index in [0.717, 1.165) is 23.2 Å². The van der Waals surface area contributed by atoms with E-state index in [9.17, 15) is 4.79 Å². The van der Waals surface area contributed by atoms with Crippen molar-refractivity contribution in [3.63, 3.8) is 0 Å². The number of aromatic amines is 1. The van der Waals surface area contributed by atoms with Crippen LogP contribution in [0, 0.1) is 0 Å². The Kier molecular flexibility index (Phi) is 5.81. The Morgan fingerprint density at radius 2 is 1.38 bits per heavy atom.